The molecular weight excluding hydrogens is 344 g/mol. The first-order valence-corrected chi connectivity index (χ1v) is 9.24. The number of benzene rings is 1. The summed E-state index contributed by atoms with van der Waals surface area (Å²) in [4.78, 5) is 27.9. The first-order valence-electron chi connectivity index (χ1n) is 7.98. The topological polar surface area (TPSA) is 49.4 Å². The van der Waals surface area contributed by atoms with Gasteiger partial charge in [0.25, 0.3) is 5.91 Å². The van der Waals surface area contributed by atoms with Crippen molar-refractivity contribution in [1.82, 2.24) is 10.2 Å². The molecule has 24 heavy (non-hydrogen) atoms. The van der Waals surface area contributed by atoms with Gasteiger partial charge in [0.15, 0.2) is 0 Å². The highest BCUT2D eigenvalue weighted by atomic mass is 35.5. The summed E-state index contributed by atoms with van der Waals surface area (Å²) in [5.41, 5.74) is 0.610. The first kappa shape index (κ1) is 17.0. The van der Waals surface area contributed by atoms with E-state index in [1.165, 1.54) is 0 Å². The number of halogens is 1. The predicted molar refractivity (Wildman–Crippen MR) is 96.2 cm³/mol. The molecule has 1 atom stereocenters. The number of likely N-dealkylation sites (tertiary alicyclic amines) is 1. The molecule has 3 rings (SSSR count). The lowest BCUT2D eigenvalue weighted by atomic mass is 9.96. The number of carbonyl (C=O) groups excluding carboxylic acids is 2. The lowest BCUT2D eigenvalue weighted by molar-refractivity contribution is -0.126. The summed E-state index contributed by atoms with van der Waals surface area (Å²) in [6.07, 6.45) is 1.66. The molecule has 1 aromatic carbocycles. The Labute approximate surface area is 150 Å². The van der Waals surface area contributed by atoms with Gasteiger partial charge in [0, 0.05) is 28.6 Å². The number of hydrogen-bond donors (Lipinski definition) is 1. The summed E-state index contributed by atoms with van der Waals surface area (Å²) in [6.45, 7) is 1.71. The number of nitrogens with one attached hydrogen (secondary N) is 1. The van der Waals surface area contributed by atoms with E-state index in [1.807, 2.05) is 17.5 Å². The summed E-state index contributed by atoms with van der Waals surface area (Å²) in [5.74, 6) is -0.158. The summed E-state index contributed by atoms with van der Waals surface area (Å²) in [5, 5.41) is 5.58. The molecular formula is C18H19ClN2O2S. The lowest BCUT2D eigenvalue weighted by Crippen LogP contribution is -2.45. The molecule has 1 saturated heterocycles. The minimum Gasteiger partial charge on any atom is -0.351 e. The fourth-order valence-electron chi connectivity index (χ4n) is 2.88. The van der Waals surface area contributed by atoms with Crippen molar-refractivity contribution < 1.29 is 9.59 Å². The minimum atomic E-state index is -0.144. The number of carbonyl (C=O) groups is 2. The van der Waals surface area contributed by atoms with Crippen molar-refractivity contribution in [2.75, 3.05) is 13.1 Å². The van der Waals surface area contributed by atoms with Gasteiger partial charge in [-0.1, -0.05) is 17.7 Å². The Bertz CT molecular complexity index is 700. The molecule has 0 unspecified atom stereocenters. The van der Waals surface area contributed by atoms with Gasteiger partial charge in [-0.05, 0) is 48.6 Å². The minimum absolute atomic E-state index is 0.0250. The van der Waals surface area contributed by atoms with E-state index in [4.69, 9.17) is 11.6 Å². The quantitative estimate of drug-likeness (QED) is 0.903. The molecule has 0 saturated carbocycles. The second kappa shape index (κ2) is 7.81. The molecule has 126 valence electrons. The van der Waals surface area contributed by atoms with Gasteiger partial charge in [0.2, 0.25) is 5.91 Å². The van der Waals surface area contributed by atoms with Crippen LogP contribution in [0.1, 0.15) is 28.1 Å². The Balaban J connectivity index is 1.58. The largest absolute Gasteiger partial charge is 0.351 e. The van der Waals surface area contributed by atoms with E-state index in [1.54, 1.807) is 40.5 Å². The Morgan fingerprint density at radius 2 is 2.04 bits per heavy atom. The Kier molecular flexibility index (Phi) is 5.53. The van der Waals surface area contributed by atoms with Crippen LogP contribution in [0.3, 0.4) is 0 Å². The average molecular weight is 363 g/mol. The van der Waals surface area contributed by atoms with Crippen LogP contribution in [0.2, 0.25) is 5.02 Å². The molecule has 1 aliphatic heterocycles. The van der Waals surface area contributed by atoms with E-state index >= 15 is 0 Å². The number of amides is 2. The second-order valence-corrected chi connectivity index (χ2v) is 7.36. The Morgan fingerprint density at radius 1 is 1.25 bits per heavy atom. The third-order valence-corrected chi connectivity index (χ3v) is 5.32. The monoisotopic (exact) mass is 362 g/mol. The Hall–Kier alpha value is -1.85. The van der Waals surface area contributed by atoms with E-state index in [-0.39, 0.29) is 17.7 Å². The van der Waals surface area contributed by atoms with E-state index in [9.17, 15) is 9.59 Å². The molecule has 2 heterocycles. The number of piperidine rings is 1. The highest BCUT2D eigenvalue weighted by Gasteiger charge is 2.28. The van der Waals surface area contributed by atoms with Crippen LogP contribution in [0.25, 0.3) is 0 Å². The number of hydrogen-bond acceptors (Lipinski definition) is 3. The molecule has 0 aliphatic carbocycles. The number of thiophene rings is 1. The predicted octanol–water partition coefficient (Wildman–Crippen LogP) is 3.57. The van der Waals surface area contributed by atoms with Crippen LogP contribution in [-0.4, -0.2) is 29.8 Å². The van der Waals surface area contributed by atoms with E-state index < -0.39 is 0 Å². The maximum atomic E-state index is 12.6. The lowest BCUT2D eigenvalue weighted by Gasteiger charge is -2.32. The molecule has 6 heteroatoms. The van der Waals surface area contributed by atoms with Gasteiger partial charge in [-0.2, -0.15) is 0 Å². The van der Waals surface area contributed by atoms with Crippen LogP contribution >= 0.6 is 22.9 Å². The SMILES string of the molecule is O=C(NCc1cccs1)[C@H]1CCCN(C(=O)c2ccc(Cl)cc2)C1. The molecule has 2 amide bonds. The van der Waals surface area contributed by atoms with Crippen LogP contribution < -0.4 is 5.32 Å². The summed E-state index contributed by atoms with van der Waals surface area (Å²) < 4.78 is 0. The van der Waals surface area contributed by atoms with Gasteiger partial charge >= 0.3 is 0 Å². The Morgan fingerprint density at radius 3 is 2.75 bits per heavy atom. The molecule has 0 bridgehead atoms. The molecule has 0 spiro atoms. The van der Waals surface area contributed by atoms with Gasteiger partial charge in [-0.15, -0.1) is 11.3 Å². The maximum Gasteiger partial charge on any atom is 0.253 e. The maximum absolute atomic E-state index is 12.6. The highest BCUT2D eigenvalue weighted by Crippen LogP contribution is 2.20. The van der Waals surface area contributed by atoms with Crippen LogP contribution in [0.4, 0.5) is 0 Å². The van der Waals surface area contributed by atoms with Gasteiger partial charge in [0.05, 0.1) is 12.5 Å². The van der Waals surface area contributed by atoms with Crippen molar-refractivity contribution >= 4 is 34.8 Å². The van der Waals surface area contributed by atoms with Crippen LogP contribution in [0, 0.1) is 5.92 Å². The van der Waals surface area contributed by atoms with E-state index in [0.717, 1.165) is 17.7 Å². The van der Waals surface area contributed by atoms with Gasteiger partial charge in [0.1, 0.15) is 0 Å². The molecule has 1 aliphatic rings. The first-order chi connectivity index (χ1) is 11.6. The summed E-state index contributed by atoms with van der Waals surface area (Å²) in [6, 6.07) is 10.9. The molecule has 4 nitrogen and oxygen atoms in total. The van der Waals surface area contributed by atoms with E-state index in [2.05, 4.69) is 5.32 Å². The van der Waals surface area contributed by atoms with Crippen LogP contribution in [-0.2, 0) is 11.3 Å². The van der Waals surface area contributed by atoms with Gasteiger partial charge < -0.3 is 10.2 Å². The molecule has 0 radical (unpaired) electrons. The normalized spacial score (nSPS) is 17.5. The van der Waals surface area contributed by atoms with Gasteiger partial charge in [-0.3, -0.25) is 9.59 Å². The molecule has 1 fully saturated rings. The van der Waals surface area contributed by atoms with Crippen molar-refractivity contribution in [1.29, 1.82) is 0 Å². The molecule has 1 N–H and O–H groups in total. The van der Waals surface area contributed by atoms with Crippen molar-refractivity contribution in [3.8, 4) is 0 Å². The van der Waals surface area contributed by atoms with Crippen molar-refractivity contribution in [2.24, 2.45) is 5.92 Å². The van der Waals surface area contributed by atoms with Crippen LogP contribution in [0.15, 0.2) is 41.8 Å². The standard InChI is InChI=1S/C18H19ClN2O2S/c19-15-7-5-13(6-8-15)18(23)21-9-1-3-14(12-21)17(22)20-11-16-4-2-10-24-16/h2,4-8,10,14H,1,3,9,11-12H2,(H,20,22)/t14-/m0/s1. The molecule has 1 aromatic heterocycles. The van der Waals surface area contributed by atoms with Crippen molar-refractivity contribution in [3.63, 3.8) is 0 Å². The zero-order valence-electron chi connectivity index (χ0n) is 13.2. The zero-order valence-corrected chi connectivity index (χ0v) is 14.8. The van der Waals surface area contributed by atoms with Gasteiger partial charge in [-0.25, -0.2) is 0 Å². The third kappa shape index (κ3) is 4.16. The third-order valence-electron chi connectivity index (χ3n) is 4.19. The smallest absolute Gasteiger partial charge is 0.253 e. The summed E-state index contributed by atoms with van der Waals surface area (Å²) >= 11 is 7.49. The fourth-order valence-corrected chi connectivity index (χ4v) is 3.65. The van der Waals surface area contributed by atoms with E-state index in [0.29, 0.717) is 30.2 Å². The second-order valence-electron chi connectivity index (χ2n) is 5.89. The summed E-state index contributed by atoms with van der Waals surface area (Å²) in [7, 11) is 0. The average Bonchev–Trinajstić information content (AvgIpc) is 3.13. The number of nitrogens with zero attached hydrogens (tertiary/aromatic N) is 1. The molecule has 2 aromatic rings. The van der Waals surface area contributed by atoms with Crippen molar-refractivity contribution in [3.05, 3.63) is 57.2 Å². The zero-order chi connectivity index (χ0) is 16.9. The van der Waals surface area contributed by atoms with Crippen LogP contribution in [0.5, 0.6) is 0 Å². The number of rotatable bonds is 4. The van der Waals surface area contributed by atoms with Crippen molar-refractivity contribution in [2.45, 2.75) is 19.4 Å². The highest BCUT2D eigenvalue weighted by molar-refractivity contribution is 7.09. The fraction of sp³-hybridized carbons (Fsp3) is 0.333.